The Morgan fingerprint density at radius 1 is 1.24 bits per heavy atom. The first kappa shape index (κ1) is 21.2. The summed E-state index contributed by atoms with van der Waals surface area (Å²) in [5.74, 6) is 2.50. The Balaban J connectivity index is 1.27. The number of hydrogen-bond donors (Lipinski definition) is 2. The minimum absolute atomic E-state index is 0.195. The molecular weight excluding hydrogens is 460 g/mol. The highest BCUT2D eigenvalue weighted by molar-refractivity contribution is 7.71. The molecule has 5 rings (SSSR count). The molecule has 2 aromatic heterocycles. The highest BCUT2D eigenvalue weighted by atomic mass is 32.1. The van der Waals surface area contributed by atoms with E-state index in [4.69, 9.17) is 26.4 Å². The van der Waals surface area contributed by atoms with Gasteiger partial charge in [-0.05, 0) is 60.4 Å². The minimum Gasteiger partial charge on any atom is -0.489 e. The van der Waals surface area contributed by atoms with Crippen LogP contribution in [0, 0.1) is 4.77 Å². The van der Waals surface area contributed by atoms with E-state index in [9.17, 15) is 4.79 Å². The van der Waals surface area contributed by atoms with E-state index in [0.717, 1.165) is 10.4 Å². The van der Waals surface area contributed by atoms with Crippen LogP contribution in [0.15, 0.2) is 60.0 Å². The van der Waals surface area contributed by atoms with Gasteiger partial charge in [0.15, 0.2) is 22.1 Å². The molecular formula is C23H20N4O4S2. The fourth-order valence-corrected chi connectivity index (χ4v) is 4.48. The van der Waals surface area contributed by atoms with Crippen LogP contribution >= 0.6 is 23.6 Å². The molecule has 0 bridgehead atoms. The standard InChI is InChI=1S/C23H20N4O4S2/c1-14(27-21(25-26-23(27)32)20-6-3-9-33-20)22(28)24-16-5-2-4-15(10-16)12-29-17-7-8-18-19(11-17)31-13-30-18/h2-11,14H,12-13H2,1H3,(H,24,28)(H,26,32). The first-order chi connectivity index (χ1) is 16.1. The Bertz CT molecular complexity index is 1350. The Morgan fingerprint density at radius 2 is 2.12 bits per heavy atom. The summed E-state index contributed by atoms with van der Waals surface area (Å²) in [4.78, 5) is 13.9. The predicted molar refractivity (Wildman–Crippen MR) is 127 cm³/mol. The van der Waals surface area contributed by atoms with Gasteiger partial charge < -0.3 is 19.5 Å². The zero-order chi connectivity index (χ0) is 22.8. The van der Waals surface area contributed by atoms with E-state index < -0.39 is 6.04 Å². The lowest BCUT2D eigenvalue weighted by atomic mass is 10.2. The molecule has 168 valence electrons. The van der Waals surface area contributed by atoms with Gasteiger partial charge in [-0.2, -0.15) is 5.10 Å². The van der Waals surface area contributed by atoms with Gasteiger partial charge in [-0.15, -0.1) is 11.3 Å². The van der Waals surface area contributed by atoms with Crippen molar-refractivity contribution in [3.63, 3.8) is 0 Å². The van der Waals surface area contributed by atoms with Crippen LogP contribution in [0.3, 0.4) is 0 Å². The Hall–Kier alpha value is -3.63. The van der Waals surface area contributed by atoms with Crippen molar-refractivity contribution in [2.75, 3.05) is 12.1 Å². The average molecular weight is 481 g/mol. The molecule has 0 fully saturated rings. The number of amides is 1. The molecule has 10 heteroatoms. The summed E-state index contributed by atoms with van der Waals surface area (Å²) in [7, 11) is 0. The molecule has 8 nitrogen and oxygen atoms in total. The number of carbonyl (C=O) groups is 1. The van der Waals surface area contributed by atoms with Crippen LogP contribution in [0.1, 0.15) is 18.5 Å². The number of nitrogens with one attached hydrogen (secondary N) is 2. The monoisotopic (exact) mass is 480 g/mol. The number of nitrogens with zero attached hydrogens (tertiary/aromatic N) is 2. The van der Waals surface area contributed by atoms with Crippen molar-refractivity contribution in [1.29, 1.82) is 0 Å². The second-order valence-corrected chi connectivity index (χ2v) is 8.70. The van der Waals surface area contributed by atoms with Crippen molar-refractivity contribution in [3.05, 3.63) is 70.3 Å². The Kier molecular flexibility index (Phi) is 5.84. The smallest absolute Gasteiger partial charge is 0.247 e. The maximum absolute atomic E-state index is 13.0. The van der Waals surface area contributed by atoms with Gasteiger partial charge in [0.25, 0.3) is 0 Å². The second-order valence-electron chi connectivity index (χ2n) is 7.37. The lowest BCUT2D eigenvalue weighted by Crippen LogP contribution is -2.24. The van der Waals surface area contributed by atoms with Crippen molar-refractivity contribution < 1.29 is 19.0 Å². The number of thiophene rings is 1. The second kappa shape index (κ2) is 9.08. The van der Waals surface area contributed by atoms with Gasteiger partial charge in [0, 0.05) is 11.8 Å². The summed E-state index contributed by atoms with van der Waals surface area (Å²) in [5, 5.41) is 12.0. The number of fused-ring (bicyclic) bond motifs is 1. The van der Waals surface area contributed by atoms with Gasteiger partial charge in [-0.25, -0.2) is 0 Å². The van der Waals surface area contributed by atoms with Crippen molar-refractivity contribution in [2.24, 2.45) is 0 Å². The molecule has 0 spiro atoms. The molecule has 33 heavy (non-hydrogen) atoms. The fraction of sp³-hybridized carbons (Fsp3) is 0.174. The summed E-state index contributed by atoms with van der Waals surface area (Å²) < 4.78 is 18.7. The number of hydrogen-bond acceptors (Lipinski definition) is 7. The van der Waals surface area contributed by atoms with E-state index in [0.29, 0.717) is 40.1 Å². The Labute approximate surface area is 198 Å². The third-order valence-electron chi connectivity index (χ3n) is 5.16. The van der Waals surface area contributed by atoms with Crippen molar-refractivity contribution in [3.8, 4) is 28.0 Å². The molecule has 0 saturated carbocycles. The van der Waals surface area contributed by atoms with Crippen LogP contribution in [-0.2, 0) is 11.4 Å². The van der Waals surface area contributed by atoms with Crippen LogP contribution in [-0.4, -0.2) is 27.5 Å². The predicted octanol–water partition coefficient (Wildman–Crippen LogP) is 5.18. The average Bonchev–Trinajstić information content (AvgIpc) is 3.58. The number of aromatic amines is 1. The molecule has 3 heterocycles. The van der Waals surface area contributed by atoms with Gasteiger partial charge >= 0.3 is 0 Å². The number of aromatic nitrogens is 3. The summed E-state index contributed by atoms with van der Waals surface area (Å²) in [6.07, 6.45) is 0. The third-order valence-corrected chi connectivity index (χ3v) is 6.31. The molecule has 2 N–H and O–H groups in total. The largest absolute Gasteiger partial charge is 0.489 e. The minimum atomic E-state index is -0.554. The van der Waals surface area contributed by atoms with Crippen LogP contribution < -0.4 is 19.5 Å². The fourth-order valence-electron chi connectivity index (χ4n) is 3.48. The molecule has 2 aromatic carbocycles. The van der Waals surface area contributed by atoms with E-state index in [1.165, 1.54) is 11.3 Å². The van der Waals surface area contributed by atoms with E-state index in [-0.39, 0.29) is 12.7 Å². The number of H-pyrrole nitrogens is 1. The molecule has 0 saturated heterocycles. The van der Waals surface area contributed by atoms with Crippen LogP contribution in [0.2, 0.25) is 0 Å². The zero-order valence-electron chi connectivity index (χ0n) is 17.6. The first-order valence-electron chi connectivity index (χ1n) is 10.2. The zero-order valence-corrected chi connectivity index (χ0v) is 19.2. The van der Waals surface area contributed by atoms with Gasteiger partial charge in [0.1, 0.15) is 18.4 Å². The first-order valence-corrected chi connectivity index (χ1v) is 11.5. The lowest BCUT2D eigenvalue weighted by molar-refractivity contribution is -0.118. The highest BCUT2D eigenvalue weighted by Crippen LogP contribution is 2.35. The van der Waals surface area contributed by atoms with Gasteiger partial charge in [0.05, 0.1) is 4.88 Å². The van der Waals surface area contributed by atoms with Crippen molar-refractivity contribution >= 4 is 35.1 Å². The molecule has 1 aliphatic rings. The van der Waals surface area contributed by atoms with Crippen LogP contribution in [0.5, 0.6) is 17.2 Å². The maximum Gasteiger partial charge on any atom is 0.247 e. The number of rotatable bonds is 7. The third kappa shape index (κ3) is 4.48. The number of benzene rings is 2. The summed E-state index contributed by atoms with van der Waals surface area (Å²) in [6, 6.07) is 16.3. The highest BCUT2D eigenvalue weighted by Gasteiger charge is 2.21. The van der Waals surface area contributed by atoms with E-state index in [1.807, 2.05) is 53.9 Å². The molecule has 4 aromatic rings. The number of carbonyl (C=O) groups excluding carboxylic acids is 1. The topological polar surface area (TPSA) is 90.4 Å². The van der Waals surface area contributed by atoms with Crippen molar-refractivity contribution in [2.45, 2.75) is 19.6 Å². The van der Waals surface area contributed by atoms with Gasteiger partial charge in [0.2, 0.25) is 12.7 Å². The molecule has 1 unspecified atom stereocenters. The molecule has 0 radical (unpaired) electrons. The van der Waals surface area contributed by atoms with Gasteiger partial charge in [-0.1, -0.05) is 18.2 Å². The van der Waals surface area contributed by atoms with E-state index >= 15 is 0 Å². The molecule has 0 aliphatic carbocycles. The molecule has 1 amide bonds. The Morgan fingerprint density at radius 3 is 2.97 bits per heavy atom. The lowest BCUT2D eigenvalue weighted by Gasteiger charge is -2.16. The molecule has 1 atom stereocenters. The quantitative estimate of drug-likeness (QED) is 0.355. The normalized spacial score (nSPS) is 13.0. The van der Waals surface area contributed by atoms with Crippen molar-refractivity contribution in [1.82, 2.24) is 14.8 Å². The van der Waals surface area contributed by atoms with Crippen LogP contribution in [0.4, 0.5) is 5.69 Å². The van der Waals surface area contributed by atoms with E-state index in [2.05, 4.69) is 15.5 Å². The van der Waals surface area contributed by atoms with E-state index in [1.54, 1.807) is 17.6 Å². The van der Waals surface area contributed by atoms with Crippen LogP contribution in [0.25, 0.3) is 10.7 Å². The number of anilines is 1. The summed E-state index contributed by atoms with van der Waals surface area (Å²) in [6.45, 7) is 2.36. The summed E-state index contributed by atoms with van der Waals surface area (Å²) >= 11 is 6.91. The summed E-state index contributed by atoms with van der Waals surface area (Å²) in [5.41, 5.74) is 1.59. The SMILES string of the molecule is CC(C(=O)Nc1cccc(COc2ccc3c(c2)OCO3)c1)n1c(-c2cccs2)n[nH]c1=S. The number of ether oxygens (including phenoxy) is 3. The van der Waals surface area contributed by atoms with Gasteiger partial charge in [-0.3, -0.25) is 14.5 Å². The molecule has 1 aliphatic heterocycles. The maximum atomic E-state index is 13.0.